The molecule has 0 spiro atoms. The number of hydrogen-bond acceptors (Lipinski definition) is 4. The molecule has 0 saturated carbocycles. The fourth-order valence-corrected chi connectivity index (χ4v) is 2.08. The predicted octanol–water partition coefficient (Wildman–Crippen LogP) is 2.97. The van der Waals surface area contributed by atoms with Crippen LogP contribution in [0.1, 0.15) is 11.9 Å². The number of aromatic nitrogens is 1. The molecule has 2 aromatic rings. The molecule has 0 radical (unpaired) electrons. The third-order valence-electron chi connectivity index (χ3n) is 2.43. The third kappa shape index (κ3) is 2.87. The maximum atomic E-state index is 10.7. The lowest BCUT2D eigenvalue weighted by molar-refractivity contribution is -0.144. The molecule has 4 nitrogen and oxygen atoms in total. The maximum absolute atomic E-state index is 10.7. The van der Waals surface area contributed by atoms with Crippen LogP contribution < -0.4 is 4.74 Å². The Bertz CT molecular complexity index is 548. The second-order valence-corrected chi connectivity index (χ2v) is 4.94. The summed E-state index contributed by atoms with van der Waals surface area (Å²) in [6.45, 7) is 3.46. The molecule has 1 N–H and O–H groups in total. The van der Waals surface area contributed by atoms with E-state index in [-0.39, 0.29) is 0 Å². The Hall–Kier alpha value is -1.88. The number of carboxylic acid groups (broad SMARTS) is 1. The minimum atomic E-state index is -0.978. The van der Waals surface area contributed by atoms with E-state index in [1.807, 2.05) is 24.4 Å². The Balaban J connectivity index is 2.13. The standard InChI is InChI=1S/C13H13NO3S/c1-8(13(15)16)17-11-5-3-10(4-6-11)12-7-18-9(2)14-12/h3-8H,1-2H3,(H,15,16). The van der Waals surface area contributed by atoms with Crippen molar-refractivity contribution >= 4 is 17.3 Å². The first-order valence-corrected chi connectivity index (χ1v) is 6.36. The van der Waals surface area contributed by atoms with Gasteiger partial charge in [0.25, 0.3) is 0 Å². The smallest absolute Gasteiger partial charge is 0.344 e. The fraction of sp³-hybridized carbons (Fsp3) is 0.231. The number of hydrogen-bond donors (Lipinski definition) is 1. The lowest BCUT2D eigenvalue weighted by atomic mass is 10.2. The average molecular weight is 263 g/mol. The quantitative estimate of drug-likeness (QED) is 0.921. The predicted molar refractivity (Wildman–Crippen MR) is 70.0 cm³/mol. The number of aryl methyl sites for hydroxylation is 1. The zero-order chi connectivity index (χ0) is 13.1. The van der Waals surface area contributed by atoms with Gasteiger partial charge in [-0.1, -0.05) is 0 Å². The van der Waals surface area contributed by atoms with Crippen molar-refractivity contribution in [2.75, 3.05) is 0 Å². The molecular formula is C13H13NO3S. The average Bonchev–Trinajstić information content (AvgIpc) is 2.76. The molecule has 0 amide bonds. The summed E-state index contributed by atoms with van der Waals surface area (Å²) in [5.41, 5.74) is 1.92. The van der Waals surface area contributed by atoms with E-state index in [1.54, 1.807) is 23.5 Å². The molecule has 1 aromatic carbocycles. The number of ether oxygens (including phenoxy) is 1. The molecule has 0 bridgehead atoms. The van der Waals surface area contributed by atoms with Crippen molar-refractivity contribution in [3.05, 3.63) is 34.7 Å². The summed E-state index contributed by atoms with van der Waals surface area (Å²) in [6, 6.07) is 7.25. The summed E-state index contributed by atoms with van der Waals surface area (Å²) in [7, 11) is 0. The van der Waals surface area contributed by atoms with Crippen LogP contribution in [0.3, 0.4) is 0 Å². The minimum absolute atomic E-state index is 0.542. The van der Waals surface area contributed by atoms with Gasteiger partial charge in [0.2, 0.25) is 0 Å². The van der Waals surface area contributed by atoms with Gasteiger partial charge in [-0.3, -0.25) is 0 Å². The molecule has 1 unspecified atom stereocenters. The van der Waals surface area contributed by atoms with Crippen LogP contribution in [0.5, 0.6) is 5.75 Å². The van der Waals surface area contributed by atoms with E-state index in [0.717, 1.165) is 16.3 Å². The number of thiazole rings is 1. The van der Waals surface area contributed by atoms with E-state index < -0.39 is 12.1 Å². The first-order chi connectivity index (χ1) is 8.56. The van der Waals surface area contributed by atoms with Gasteiger partial charge >= 0.3 is 5.97 Å². The van der Waals surface area contributed by atoms with Crippen LogP contribution in [0.2, 0.25) is 0 Å². The first-order valence-electron chi connectivity index (χ1n) is 5.48. The van der Waals surface area contributed by atoms with Crippen LogP contribution in [0.4, 0.5) is 0 Å². The van der Waals surface area contributed by atoms with Gasteiger partial charge in [-0.25, -0.2) is 9.78 Å². The van der Waals surface area contributed by atoms with Gasteiger partial charge in [-0.05, 0) is 38.1 Å². The Labute approximate surface area is 109 Å². The van der Waals surface area contributed by atoms with Crippen molar-refractivity contribution in [3.8, 4) is 17.0 Å². The zero-order valence-corrected chi connectivity index (χ0v) is 10.9. The molecule has 5 heteroatoms. The molecular weight excluding hydrogens is 250 g/mol. The topological polar surface area (TPSA) is 59.4 Å². The SMILES string of the molecule is Cc1nc(-c2ccc(OC(C)C(=O)O)cc2)cs1. The minimum Gasteiger partial charge on any atom is -0.479 e. The highest BCUT2D eigenvalue weighted by atomic mass is 32.1. The van der Waals surface area contributed by atoms with Crippen LogP contribution in [-0.4, -0.2) is 22.2 Å². The summed E-state index contributed by atoms with van der Waals surface area (Å²) in [6.07, 6.45) is -0.850. The van der Waals surface area contributed by atoms with Gasteiger partial charge in [0, 0.05) is 10.9 Å². The fourth-order valence-electron chi connectivity index (χ4n) is 1.45. The summed E-state index contributed by atoms with van der Waals surface area (Å²) in [5.74, 6) is -0.435. The molecule has 0 saturated heterocycles. The number of aliphatic carboxylic acids is 1. The lowest BCUT2D eigenvalue weighted by Crippen LogP contribution is -2.22. The van der Waals surface area contributed by atoms with E-state index in [1.165, 1.54) is 6.92 Å². The second-order valence-electron chi connectivity index (χ2n) is 3.87. The lowest BCUT2D eigenvalue weighted by Gasteiger charge is -2.10. The van der Waals surface area contributed by atoms with E-state index >= 15 is 0 Å². The number of carbonyl (C=O) groups is 1. The van der Waals surface area contributed by atoms with Crippen LogP contribution in [-0.2, 0) is 4.79 Å². The van der Waals surface area contributed by atoms with E-state index in [9.17, 15) is 4.79 Å². The maximum Gasteiger partial charge on any atom is 0.344 e. The summed E-state index contributed by atoms with van der Waals surface area (Å²) in [5, 5.41) is 11.8. The molecule has 94 valence electrons. The molecule has 0 aliphatic rings. The van der Waals surface area contributed by atoms with Crippen molar-refractivity contribution in [3.63, 3.8) is 0 Å². The molecule has 0 fully saturated rings. The zero-order valence-electron chi connectivity index (χ0n) is 10.1. The largest absolute Gasteiger partial charge is 0.479 e. The molecule has 0 aliphatic carbocycles. The summed E-state index contributed by atoms with van der Waals surface area (Å²) < 4.78 is 5.25. The highest BCUT2D eigenvalue weighted by Gasteiger charge is 2.12. The molecule has 1 aromatic heterocycles. The van der Waals surface area contributed by atoms with Gasteiger partial charge in [-0.2, -0.15) is 0 Å². The molecule has 0 aliphatic heterocycles. The highest BCUT2D eigenvalue weighted by molar-refractivity contribution is 7.09. The Morgan fingerprint density at radius 2 is 2.06 bits per heavy atom. The monoisotopic (exact) mass is 263 g/mol. The Morgan fingerprint density at radius 1 is 1.39 bits per heavy atom. The van der Waals surface area contributed by atoms with Crippen LogP contribution in [0, 0.1) is 6.92 Å². The van der Waals surface area contributed by atoms with Crippen molar-refractivity contribution in [1.29, 1.82) is 0 Å². The molecule has 1 atom stereocenters. The van der Waals surface area contributed by atoms with Crippen molar-refractivity contribution in [2.24, 2.45) is 0 Å². The van der Waals surface area contributed by atoms with Gasteiger partial charge in [-0.15, -0.1) is 11.3 Å². The number of nitrogens with zero attached hydrogens (tertiary/aromatic N) is 1. The third-order valence-corrected chi connectivity index (χ3v) is 3.20. The summed E-state index contributed by atoms with van der Waals surface area (Å²) >= 11 is 1.60. The van der Waals surface area contributed by atoms with E-state index in [4.69, 9.17) is 9.84 Å². The van der Waals surface area contributed by atoms with Gasteiger partial charge < -0.3 is 9.84 Å². The van der Waals surface area contributed by atoms with Gasteiger partial charge in [0.05, 0.1) is 10.7 Å². The molecule has 1 heterocycles. The van der Waals surface area contributed by atoms with E-state index in [2.05, 4.69) is 4.98 Å². The molecule has 2 rings (SSSR count). The normalized spacial score (nSPS) is 12.1. The Morgan fingerprint density at radius 3 is 2.56 bits per heavy atom. The Kier molecular flexibility index (Phi) is 3.62. The van der Waals surface area contributed by atoms with Crippen LogP contribution >= 0.6 is 11.3 Å². The summed E-state index contributed by atoms with van der Waals surface area (Å²) in [4.78, 5) is 15.0. The molecule has 18 heavy (non-hydrogen) atoms. The van der Waals surface area contributed by atoms with Gasteiger partial charge in [0.1, 0.15) is 5.75 Å². The highest BCUT2D eigenvalue weighted by Crippen LogP contribution is 2.24. The van der Waals surface area contributed by atoms with Crippen molar-refractivity contribution in [2.45, 2.75) is 20.0 Å². The van der Waals surface area contributed by atoms with Crippen LogP contribution in [0.15, 0.2) is 29.6 Å². The number of carboxylic acids is 1. The number of benzene rings is 1. The first kappa shape index (κ1) is 12.6. The van der Waals surface area contributed by atoms with E-state index in [0.29, 0.717) is 5.75 Å². The van der Waals surface area contributed by atoms with Crippen LogP contribution in [0.25, 0.3) is 11.3 Å². The second kappa shape index (κ2) is 5.18. The van der Waals surface area contributed by atoms with Crippen molar-refractivity contribution < 1.29 is 14.6 Å². The van der Waals surface area contributed by atoms with Gasteiger partial charge in [0.15, 0.2) is 6.10 Å². The van der Waals surface area contributed by atoms with Crippen molar-refractivity contribution in [1.82, 2.24) is 4.98 Å². The number of rotatable bonds is 4.